The Hall–Kier alpha value is 0.110. The second kappa shape index (κ2) is 9.09. The maximum Gasteiger partial charge on any atom is 0.0501 e. The van der Waals surface area contributed by atoms with Gasteiger partial charge in [-0.15, -0.1) is 0 Å². The van der Waals surface area contributed by atoms with E-state index in [9.17, 15) is 4.21 Å². The van der Waals surface area contributed by atoms with Crippen molar-refractivity contribution >= 4 is 10.8 Å². The molecule has 4 unspecified atom stereocenters. The molecule has 0 aromatic rings. The molecule has 0 aromatic heterocycles. The molecule has 0 amide bonds. The van der Waals surface area contributed by atoms with E-state index in [2.05, 4.69) is 46.9 Å². The average Bonchev–Trinajstić information content (AvgIpc) is 2.29. The highest BCUT2D eigenvalue weighted by molar-refractivity contribution is 7.86. The van der Waals surface area contributed by atoms with Crippen LogP contribution in [0.15, 0.2) is 0 Å². The molecule has 0 radical (unpaired) electrons. The Kier molecular flexibility index (Phi) is 9.15. The minimum absolute atomic E-state index is 0.290. The summed E-state index contributed by atoms with van der Waals surface area (Å²) in [6.07, 6.45) is 3.28. The largest absolute Gasteiger partial charge is 0.313 e. The normalized spacial score (nSPS) is 19.0. The van der Waals surface area contributed by atoms with Crippen LogP contribution in [0.4, 0.5) is 0 Å². The lowest BCUT2D eigenvalue weighted by atomic mass is 10.1. The SMILES string of the molecule is CCCC(NCC)C(CC)S(=O)C(C)C(C)C. The predicted molar refractivity (Wildman–Crippen MR) is 78.9 cm³/mol. The lowest BCUT2D eigenvalue weighted by molar-refractivity contribution is 0.453. The molecule has 0 heterocycles. The zero-order chi connectivity index (χ0) is 13.4. The van der Waals surface area contributed by atoms with E-state index in [-0.39, 0.29) is 5.25 Å². The predicted octanol–water partition coefficient (Wildman–Crippen LogP) is 3.34. The Morgan fingerprint density at radius 1 is 1.12 bits per heavy atom. The van der Waals surface area contributed by atoms with Crippen LogP contribution in [-0.2, 0) is 10.8 Å². The van der Waals surface area contributed by atoms with E-state index in [0.29, 0.717) is 17.2 Å². The van der Waals surface area contributed by atoms with Crippen molar-refractivity contribution in [3.8, 4) is 0 Å². The van der Waals surface area contributed by atoms with Crippen molar-refractivity contribution in [1.82, 2.24) is 5.32 Å². The molecule has 2 nitrogen and oxygen atoms in total. The quantitative estimate of drug-likeness (QED) is 0.690. The molecule has 0 fully saturated rings. The Labute approximate surface area is 110 Å². The van der Waals surface area contributed by atoms with Gasteiger partial charge >= 0.3 is 0 Å². The summed E-state index contributed by atoms with van der Waals surface area (Å²) < 4.78 is 12.6. The summed E-state index contributed by atoms with van der Waals surface area (Å²) in [5.74, 6) is 0.494. The first-order valence-electron chi connectivity index (χ1n) is 7.12. The highest BCUT2D eigenvalue weighted by Gasteiger charge is 2.28. The zero-order valence-electron chi connectivity index (χ0n) is 12.5. The van der Waals surface area contributed by atoms with E-state index in [4.69, 9.17) is 0 Å². The fraction of sp³-hybridized carbons (Fsp3) is 1.00. The van der Waals surface area contributed by atoms with Crippen LogP contribution < -0.4 is 5.32 Å². The van der Waals surface area contributed by atoms with Crippen molar-refractivity contribution < 1.29 is 4.21 Å². The third-order valence-corrected chi connectivity index (χ3v) is 6.06. The van der Waals surface area contributed by atoms with Gasteiger partial charge in [-0.25, -0.2) is 0 Å². The maximum absolute atomic E-state index is 12.6. The summed E-state index contributed by atoms with van der Waals surface area (Å²) in [7, 11) is -0.728. The number of hydrogen-bond donors (Lipinski definition) is 1. The molecule has 0 rings (SSSR count). The van der Waals surface area contributed by atoms with Crippen molar-refractivity contribution in [3.05, 3.63) is 0 Å². The summed E-state index contributed by atoms with van der Waals surface area (Å²) in [6, 6.07) is 0.414. The lowest BCUT2D eigenvalue weighted by Gasteiger charge is -2.29. The molecule has 0 spiro atoms. The van der Waals surface area contributed by atoms with Crippen molar-refractivity contribution in [2.24, 2.45) is 5.92 Å². The van der Waals surface area contributed by atoms with Crippen molar-refractivity contribution in [2.75, 3.05) is 6.54 Å². The van der Waals surface area contributed by atoms with Gasteiger partial charge in [0.25, 0.3) is 0 Å². The van der Waals surface area contributed by atoms with Gasteiger partial charge in [-0.05, 0) is 25.3 Å². The standard InChI is InChI=1S/C14H31NOS/c1-7-10-13(15-9-3)14(8-2)17(16)12(6)11(4)5/h11-15H,7-10H2,1-6H3. The van der Waals surface area contributed by atoms with E-state index in [0.717, 1.165) is 25.8 Å². The van der Waals surface area contributed by atoms with Crippen molar-refractivity contribution in [2.45, 2.75) is 77.3 Å². The molecule has 0 aliphatic heterocycles. The van der Waals surface area contributed by atoms with E-state index >= 15 is 0 Å². The number of rotatable bonds is 9. The van der Waals surface area contributed by atoms with Crippen LogP contribution in [0.25, 0.3) is 0 Å². The molecule has 17 heavy (non-hydrogen) atoms. The van der Waals surface area contributed by atoms with E-state index in [1.165, 1.54) is 0 Å². The van der Waals surface area contributed by atoms with Crippen molar-refractivity contribution in [1.29, 1.82) is 0 Å². The first kappa shape index (κ1) is 17.1. The van der Waals surface area contributed by atoms with Gasteiger partial charge in [0.05, 0.1) is 5.25 Å². The first-order valence-corrected chi connectivity index (χ1v) is 8.39. The summed E-state index contributed by atoms with van der Waals surface area (Å²) in [5, 5.41) is 4.10. The topological polar surface area (TPSA) is 29.1 Å². The second-order valence-corrected chi connectivity index (χ2v) is 7.18. The molecule has 3 heteroatoms. The van der Waals surface area contributed by atoms with Gasteiger partial charge in [-0.1, -0.05) is 48.0 Å². The van der Waals surface area contributed by atoms with E-state index in [1.807, 2.05) is 0 Å². The molecule has 4 atom stereocenters. The molecular weight excluding hydrogens is 230 g/mol. The Morgan fingerprint density at radius 3 is 2.06 bits per heavy atom. The van der Waals surface area contributed by atoms with Crippen LogP contribution in [0.3, 0.4) is 0 Å². The van der Waals surface area contributed by atoms with E-state index in [1.54, 1.807) is 0 Å². The Bertz CT molecular complexity index is 212. The fourth-order valence-corrected chi connectivity index (χ4v) is 4.12. The third kappa shape index (κ3) is 5.52. The molecule has 0 aliphatic carbocycles. The summed E-state index contributed by atoms with van der Waals surface area (Å²) in [5.41, 5.74) is 0. The maximum atomic E-state index is 12.6. The Balaban J connectivity index is 4.70. The monoisotopic (exact) mass is 261 g/mol. The second-order valence-electron chi connectivity index (χ2n) is 5.18. The van der Waals surface area contributed by atoms with Gasteiger partial charge in [0.1, 0.15) is 0 Å². The van der Waals surface area contributed by atoms with Gasteiger partial charge in [0, 0.05) is 22.1 Å². The van der Waals surface area contributed by atoms with Crippen LogP contribution in [0.5, 0.6) is 0 Å². The minimum atomic E-state index is -0.728. The molecule has 1 N–H and O–H groups in total. The molecule has 0 aliphatic rings. The van der Waals surface area contributed by atoms with E-state index < -0.39 is 10.8 Å². The van der Waals surface area contributed by atoms with Gasteiger partial charge in [0.15, 0.2) is 0 Å². The molecule has 0 bridgehead atoms. The Morgan fingerprint density at radius 2 is 1.71 bits per heavy atom. The molecule has 0 saturated carbocycles. The van der Waals surface area contributed by atoms with Gasteiger partial charge in [-0.3, -0.25) is 4.21 Å². The first-order chi connectivity index (χ1) is 7.99. The van der Waals surface area contributed by atoms with Gasteiger partial charge in [-0.2, -0.15) is 0 Å². The molecule has 104 valence electrons. The van der Waals surface area contributed by atoms with Gasteiger partial charge < -0.3 is 5.32 Å². The van der Waals surface area contributed by atoms with Crippen LogP contribution >= 0.6 is 0 Å². The van der Waals surface area contributed by atoms with Crippen LogP contribution in [0.1, 0.15) is 60.8 Å². The lowest BCUT2D eigenvalue weighted by Crippen LogP contribution is -2.44. The summed E-state index contributed by atoms with van der Waals surface area (Å²) >= 11 is 0. The summed E-state index contributed by atoms with van der Waals surface area (Å²) in [4.78, 5) is 0. The summed E-state index contributed by atoms with van der Waals surface area (Å²) in [6.45, 7) is 13.9. The zero-order valence-corrected chi connectivity index (χ0v) is 13.3. The molecule has 0 aromatic carbocycles. The van der Waals surface area contributed by atoms with Crippen LogP contribution in [-0.4, -0.2) is 27.3 Å². The van der Waals surface area contributed by atoms with Gasteiger partial charge in [0.2, 0.25) is 0 Å². The highest BCUT2D eigenvalue weighted by atomic mass is 32.2. The fourth-order valence-electron chi connectivity index (χ4n) is 2.15. The smallest absolute Gasteiger partial charge is 0.0501 e. The minimum Gasteiger partial charge on any atom is -0.313 e. The molecular formula is C14H31NOS. The number of nitrogens with one attached hydrogen (secondary N) is 1. The van der Waals surface area contributed by atoms with Crippen molar-refractivity contribution in [3.63, 3.8) is 0 Å². The number of hydrogen-bond acceptors (Lipinski definition) is 2. The van der Waals surface area contributed by atoms with Crippen LogP contribution in [0.2, 0.25) is 0 Å². The highest BCUT2D eigenvalue weighted by Crippen LogP contribution is 2.20. The van der Waals surface area contributed by atoms with Crippen LogP contribution in [0, 0.1) is 5.92 Å². The third-order valence-electron chi connectivity index (χ3n) is 3.52. The average molecular weight is 261 g/mol. The molecule has 0 saturated heterocycles.